The average Bonchev–Trinajstić information content (AvgIpc) is 3.16. The molecule has 1 unspecified atom stereocenters. The maximum Gasteiger partial charge on any atom is 0.329 e. The molecule has 1 aliphatic rings. The summed E-state index contributed by atoms with van der Waals surface area (Å²) in [6, 6.07) is 4.81. The van der Waals surface area contributed by atoms with E-state index in [0.717, 1.165) is 12.8 Å². The van der Waals surface area contributed by atoms with E-state index in [-0.39, 0.29) is 17.2 Å². The Morgan fingerprint density at radius 1 is 1.37 bits per heavy atom. The smallest absolute Gasteiger partial charge is 0.329 e. The van der Waals surface area contributed by atoms with Gasteiger partial charge < -0.3 is 15.5 Å². The second kappa shape index (κ2) is 4.57. The highest BCUT2D eigenvalue weighted by Crippen LogP contribution is 2.40. The third-order valence-corrected chi connectivity index (χ3v) is 3.69. The molecule has 1 aliphatic carbocycles. The van der Waals surface area contributed by atoms with Gasteiger partial charge in [0.2, 0.25) is 0 Å². The largest absolute Gasteiger partial charge is 0.507 e. The Morgan fingerprint density at radius 2 is 2.00 bits per heavy atom. The van der Waals surface area contributed by atoms with Gasteiger partial charge in [0.05, 0.1) is 5.56 Å². The normalized spacial score (nSPS) is 17.6. The number of phenols is 1. The summed E-state index contributed by atoms with van der Waals surface area (Å²) in [6.07, 6.45) is 1.59. The molecule has 5 heteroatoms. The van der Waals surface area contributed by atoms with Crippen molar-refractivity contribution in [3.8, 4) is 5.75 Å². The molecule has 102 valence electrons. The van der Waals surface area contributed by atoms with Crippen LogP contribution in [0.2, 0.25) is 0 Å². The van der Waals surface area contributed by atoms with E-state index in [4.69, 9.17) is 0 Å². The maximum absolute atomic E-state index is 12.1. The average molecular weight is 263 g/mol. The van der Waals surface area contributed by atoms with Crippen LogP contribution in [0.5, 0.6) is 5.75 Å². The number of benzene rings is 1. The first-order valence-electron chi connectivity index (χ1n) is 6.20. The third kappa shape index (κ3) is 2.41. The number of carboxylic acid groups (broad SMARTS) is 1. The molecule has 0 bridgehead atoms. The number of aliphatic carboxylic acids is 1. The molecule has 1 amide bonds. The number of phenolic OH excluding ortho intramolecular Hbond substituents is 1. The number of hydrogen-bond acceptors (Lipinski definition) is 3. The van der Waals surface area contributed by atoms with Crippen LogP contribution in [-0.2, 0) is 4.79 Å². The van der Waals surface area contributed by atoms with E-state index in [2.05, 4.69) is 5.32 Å². The number of nitrogens with one attached hydrogen (secondary N) is 1. The Balaban J connectivity index is 2.25. The lowest BCUT2D eigenvalue weighted by Gasteiger charge is -2.26. The van der Waals surface area contributed by atoms with Crippen molar-refractivity contribution >= 4 is 11.9 Å². The van der Waals surface area contributed by atoms with Crippen molar-refractivity contribution in [3.63, 3.8) is 0 Å². The van der Waals surface area contributed by atoms with Crippen LogP contribution in [0.3, 0.4) is 0 Å². The second-order valence-corrected chi connectivity index (χ2v) is 5.21. The first-order valence-corrected chi connectivity index (χ1v) is 6.20. The van der Waals surface area contributed by atoms with Crippen molar-refractivity contribution in [2.24, 2.45) is 5.92 Å². The van der Waals surface area contributed by atoms with Gasteiger partial charge in [-0.1, -0.05) is 12.1 Å². The van der Waals surface area contributed by atoms with E-state index in [1.54, 1.807) is 19.1 Å². The second-order valence-electron chi connectivity index (χ2n) is 5.21. The summed E-state index contributed by atoms with van der Waals surface area (Å²) in [5.41, 5.74) is -0.586. The SMILES string of the molecule is Cc1cccc(C(=O)NC(C)(C(=O)O)C2CC2)c1O. The number of aromatic hydroxyl groups is 1. The van der Waals surface area contributed by atoms with Crippen molar-refractivity contribution in [1.29, 1.82) is 0 Å². The van der Waals surface area contributed by atoms with Crippen molar-refractivity contribution in [3.05, 3.63) is 29.3 Å². The minimum atomic E-state index is -1.27. The zero-order valence-electron chi connectivity index (χ0n) is 10.9. The third-order valence-electron chi connectivity index (χ3n) is 3.69. The van der Waals surface area contributed by atoms with Crippen LogP contribution >= 0.6 is 0 Å². The van der Waals surface area contributed by atoms with Crippen LogP contribution in [0.15, 0.2) is 18.2 Å². The molecule has 1 fully saturated rings. The standard InChI is InChI=1S/C14H17NO4/c1-8-4-3-5-10(11(8)16)12(17)15-14(2,13(18)19)9-6-7-9/h3-5,9,16H,6-7H2,1-2H3,(H,15,17)(H,18,19). The van der Waals surface area contributed by atoms with Crippen LogP contribution in [-0.4, -0.2) is 27.6 Å². The van der Waals surface area contributed by atoms with Gasteiger partial charge >= 0.3 is 5.97 Å². The Kier molecular flexibility index (Phi) is 3.22. The Bertz CT molecular complexity index is 536. The number of para-hydroxylation sites is 1. The minimum Gasteiger partial charge on any atom is -0.507 e. The van der Waals surface area contributed by atoms with Gasteiger partial charge in [-0.3, -0.25) is 4.79 Å². The van der Waals surface area contributed by atoms with E-state index >= 15 is 0 Å². The predicted molar refractivity (Wildman–Crippen MR) is 69.1 cm³/mol. The fourth-order valence-corrected chi connectivity index (χ4v) is 2.14. The zero-order chi connectivity index (χ0) is 14.2. The van der Waals surface area contributed by atoms with Crippen molar-refractivity contribution in [2.75, 3.05) is 0 Å². The summed E-state index contributed by atoms with van der Waals surface area (Å²) in [7, 11) is 0. The fourth-order valence-electron chi connectivity index (χ4n) is 2.14. The van der Waals surface area contributed by atoms with Gasteiger partial charge in [0.25, 0.3) is 5.91 Å². The number of carbonyl (C=O) groups is 2. The van der Waals surface area contributed by atoms with E-state index < -0.39 is 17.4 Å². The van der Waals surface area contributed by atoms with Gasteiger partial charge in [-0.15, -0.1) is 0 Å². The number of amides is 1. The Hall–Kier alpha value is -2.04. The molecule has 0 saturated heterocycles. The quantitative estimate of drug-likeness (QED) is 0.771. The summed E-state index contributed by atoms with van der Waals surface area (Å²) in [5, 5.41) is 21.7. The van der Waals surface area contributed by atoms with Gasteiger partial charge in [0.1, 0.15) is 11.3 Å². The fraction of sp³-hybridized carbons (Fsp3) is 0.429. The van der Waals surface area contributed by atoms with E-state index in [0.29, 0.717) is 5.56 Å². The maximum atomic E-state index is 12.1. The molecule has 0 radical (unpaired) electrons. The topological polar surface area (TPSA) is 86.6 Å². The number of rotatable bonds is 4. The first-order chi connectivity index (χ1) is 8.86. The molecule has 5 nitrogen and oxygen atoms in total. The molecule has 3 N–H and O–H groups in total. The zero-order valence-corrected chi connectivity index (χ0v) is 10.9. The van der Waals surface area contributed by atoms with Gasteiger partial charge in [-0.05, 0) is 44.2 Å². The van der Waals surface area contributed by atoms with E-state index in [1.165, 1.54) is 13.0 Å². The van der Waals surface area contributed by atoms with Gasteiger partial charge in [0, 0.05) is 0 Å². The highest BCUT2D eigenvalue weighted by Gasteiger charge is 2.48. The number of carbonyl (C=O) groups excluding carboxylic acids is 1. The summed E-state index contributed by atoms with van der Waals surface area (Å²) in [6.45, 7) is 3.20. The van der Waals surface area contributed by atoms with Crippen molar-refractivity contribution in [1.82, 2.24) is 5.32 Å². The number of carboxylic acids is 1. The lowest BCUT2D eigenvalue weighted by Crippen LogP contribution is -2.54. The molecule has 19 heavy (non-hydrogen) atoms. The van der Waals surface area contributed by atoms with Crippen molar-refractivity contribution < 1.29 is 19.8 Å². The molecule has 0 heterocycles. The van der Waals surface area contributed by atoms with Gasteiger partial charge in [0.15, 0.2) is 0 Å². The summed E-state index contributed by atoms with van der Waals surface area (Å²) in [4.78, 5) is 23.5. The van der Waals surface area contributed by atoms with Crippen molar-refractivity contribution in [2.45, 2.75) is 32.2 Å². The Labute approximate surface area is 111 Å². The molecule has 1 atom stereocenters. The van der Waals surface area contributed by atoms with Gasteiger partial charge in [-0.2, -0.15) is 0 Å². The first kappa shape index (κ1) is 13.4. The molecule has 1 saturated carbocycles. The number of hydrogen-bond donors (Lipinski definition) is 3. The van der Waals surface area contributed by atoms with Crippen LogP contribution in [0.4, 0.5) is 0 Å². The molecule has 1 aromatic carbocycles. The minimum absolute atomic E-state index is 0.0408. The molecule has 0 aliphatic heterocycles. The summed E-state index contributed by atoms with van der Waals surface area (Å²) in [5.74, 6) is -1.75. The highest BCUT2D eigenvalue weighted by molar-refractivity contribution is 6.00. The highest BCUT2D eigenvalue weighted by atomic mass is 16.4. The van der Waals surface area contributed by atoms with Crippen LogP contribution in [0.1, 0.15) is 35.7 Å². The van der Waals surface area contributed by atoms with E-state index in [1.807, 2.05) is 0 Å². The molecule has 0 aromatic heterocycles. The van der Waals surface area contributed by atoms with Gasteiger partial charge in [-0.25, -0.2) is 4.79 Å². The molecule has 0 spiro atoms. The molecule has 2 rings (SSSR count). The van der Waals surface area contributed by atoms with Crippen LogP contribution < -0.4 is 5.32 Å². The molecular weight excluding hydrogens is 246 g/mol. The lowest BCUT2D eigenvalue weighted by atomic mass is 9.95. The monoisotopic (exact) mass is 263 g/mol. The van der Waals surface area contributed by atoms with Crippen LogP contribution in [0.25, 0.3) is 0 Å². The van der Waals surface area contributed by atoms with E-state index in [9.17, 15) is 19.8 Å². The van der Waals surface area contributed by atoms with Crippen LogP contribution in [0, 0.1) is 12.8 Å². The molecular formula is C14H17NO4. The predicted octanol–water partition coefficient (Wildman–Crippen LogP) is 1.68. The number of aryl methyl sites for hydroxylation is 1. The summed E-state index contributed by atoms with van der Waals surface area (Å²) >= 11 is 0. The lowest BCUT2D eigenvalue weighted by molar-refractivity contribution is -0.144. The summed E-state index contributed by atoms with van der Waals surface area (Å²) < 4.78 is 0. The molecule has 1 aromatic rings. The Morgan fingerprint density at radius 3 is 2.53 bits per heavy atom.